The highest BCUT2D eigenvalue weighted by molar-refractivity contribution is 5.64. The lowest BCUT2D eigenvalue weighted by atomic mass is 9.90. The highest BCUT2D eigenvalue weighted by Gasteiger charge is 2.38. The Morgan fingerprint density at radius 1 is 0.697 bits per heavy atom. The third-order valence-corrected chi connectivity index (χ3v) is 5.78. The fourth-order valence-corrected chi connectivity index (χ4v) is 3.90. The van der Waals surface area contributed by atoms with Gasteiger partial charge in [-0.1, -0.05) is 76.2 Å². The van der Waals surface area contributed by atoms with Crippen LogP contribution in [0.5, 0.6) is 0 Å². The molecule has 1 unspecified atom stereocenters. The topological polar surface area (TPSA) is 49.4 Å². The first-order valence-electron chi connectivity index (χ1n) is 12.0. The van der Waals surface area contributed by atoms with Crippen molar-refractivity contribution in [3.63, 3.8) is 0 Å². The minimum absolute atomic E-state index is 0.258. The van der Waals surface area contributed by atoms with Crippen LogP contribution in [0, 0.1) is 0 Å². The Kier molecular flexibility index (Phi) is 9.06. The molecule has 2 saturated heterocycles. The first-order chi connectivity index (χ1) is 16.1. The fourth-order valence-electron chi connectivity index (χ4n) is 3.90. The van der Waals surface area contributed by atoms with Gasteiger partial charge in [0.2, 0.25) is 0 Å². The lowest BCUT2D eigenvalue weighted by Gasteiger charge is -2.29. The van der Waals surface area contributed by atoms with E-state index in [0.29, 0.717) is 26.4 Å². The predicted molar refractivity (Wildman–Crippen MR) is 129 cm³/mol. The summed E-state index contributed by atoms with van der Waals surface area (Å²) in [6.07, 6.45) is 1.64. The molecule has 3 aliphatic rings. The average molecular weight is 456 g/mol. The SMILES string of the molecule is CC.CC.CN1OC(c2ccc(C3OCCO3)cc2)=CC1(C)c1ccc(C2OCCO2)cc1. The summed E-state index contributed by atoms with van der Waals surface area (Å²) in [5.74, 6) is 0.835. The molecule has 1 atom stereocenters. The molecule has 0 aliphatic carbocycles. The van der Waals surface area contributed by atoms with Crippen molar-refractivity contribution in [1.29, 1.82) is 0 Å². The number of ether oxygens (including phenoxy) is 4. The van der Waals surface area contributed by atoms with Crippen molar-refractivity contribution < 1.29 is 23.8 Å². The zero-order valence-corrected chi connectivity index (χ0v) is 20.7. The lowest BCUT2D eigenvalue weighted by molar-refractivity contribution is -0.105. The van der Waals surface area contributed by atoms with E-state index in [1.807, 2.05) is 64.1 Å². The van der Waals surface area contributed by atoms with Crippen LogP contribution in [0.1, 0.15) is 69.5 Å². The highest BCUT2D eigenvalue weighted by Crippen LogP contribution is 2.40. The summed E-state index contributed by atoms with van der Waals surface area (Å²) in [6, 6.07) is 16.5. The highest BCUT2D eigenvalue weighted by atomic mass is 16.7. The third-order valence-electron chi connectivity index (χ3n) is 5.78. The molecule has 6 nitrogen and oxygen atoms in total. The number of likely N-dealkylation sites (N-methyl/N-ethyl adjacent to an activating group) is 1. The van der Waals surface area contributed by atoms with Crippen LogP contribution >= 0.6 is 0 Å². The van der Waals surface area contributed by atoms with Gasteiger partial charge in [0, 0.05) is 23.7 Å². The van der Waals surface area contributed by atoms with Gasteiger partial charge in [-0.25, -0.2) is 0 Å². The third kappa shape index (κ3) is 5.48. The molecule has 0 bridgehead atoms. The van der Waals surface area contributed by atoms with Gasteiger partial charge in [0.25, 0.3) is 0 Å². The molecule has 0 N–H and O–H groups in total. The number of benzene rings is 2. The Morgan fingerprint density at radius 2 is 1.12 bits per heavy atom. The number of hydrogen-bond donors (Lipinski definition) is 0. The Balaban J connectivity index is 0.000000728. The van der Waals surface area contributed by atoms with Crippen molar-refractivity contribution in [1.82, 2.24) is 5.06 Å². The Hall–Kier alpha value is -2.22. The van der Waals surface area contributed by atoms with Gasteiger partial charge >= 0.3 is 0 Å². The van der Waals surface area contributed by atoms with Crippen LogP contribution in [-0.4, -0.2) is 38.5 Å². The molecule has 0 spiro atoms. The van der Waals surface area contributed by atoms with Gasteiger partial charge in [0.15, 0.2) is 18.3 Å². The van der Waals surface area contributed by atoms with Crippen molar-refractivity contribution in [3.05, 3.63) is 76.9 Å². The molecule has 2 aromatic carbocycles. The molecular weight excluding hydrogens is 418 g/mol. The van der Waals surface area contributed by atoms with Gasteiger partial charge in [-0.2, -0.15) is 0 Å². The summed E-state index contributed by atoms with van der Waals surface area (Å²) in [6.45, 7) is 12.7. The Morgan fingerprint density at radius 3 is 1.58 bits per heavy atom. The van der Waals surface area contributed by atoms with Gasteiger partial charge in [-0.05, 0) is 18.6 Å². The normalized spacial score (nSPS) is 23.3. The van der Waals surface area contributed by atoms with Crippen molar-refractivity contribution in [2.75, 3.05) is 33.5 Å². The molecule has 3 aliphatic heterocycles. The van der Waals surface area contributed by atoms with Gasteiger partial charge in [0.1, 0.15) is 5.54 Å². The van der Waals surface area contributed by atoms with E-state index in [4.69, 9.17) is 23.8 Å². The summed E-state index contributed by atoms with van der Waals surface area (Å²) in [5.41, 5.74) is 3.84. The molecule has 5 rings (SSSR count). The molecule has 0 aromatic heterocycles. The molecule has 0 saturated carbocycles. The molecule has 2 fully saturated rings. The van der Waals surface area contributed by atoms with E-state index in [0.717, 1.165) is 28.0 Å². The minimum Gasteiger partial charge on any atom is -0.405 e. The zero-order valence-electron chi connectivity index (χ0n) is 20.7. The zero-order chi connectivity index (χ0) is 23.8. The van der Waals surface area contributed by atoms with E-state index in [-0.39, 0.29) is 18.1 Å². The van der Waals surface area contributed by atoms with Crippen molar-refractivity contribution >= 4 is 5.76 Å². The van der Waals surface area contributed by atoms with Crippen LogP contribution < -0.4 is 0 Å². The largest absolute Gasteiger partial charge is 0.405 e. The number of hydroxylamine groups is 2. The average Bonchev–Trinajstić information content (AvgIpc) is 3.65. The second-order valence-corrected chi connectivity index (χ2v) is 7.64. The quantitative estimate of drug-likeness (QED) is 0.567. The first kappa shape index (κ1) is 25.4. The molecular formula is C27H37NO5. The summed E-state index contributed by atoms with van der Waals surface area (Å²) >= 11 is 0. The van der Waals surface area contributed by atoms with Crippen LogP contribution in [0.2, 0.25) is 0 Å². The van der Waals surface area contributed by atoms with E-state index in [2.05, 4.69) is 37.3 Å². The van der Waals surface area contributed by atoms with E-state index < -0.39 is 0 Å². The van der Waals surface area contributed by atoms with Gasteiger partial charge < -0.3 is 23.8 Å². The minimum atomic E-state index is -0.373. The molecule has 0 radical (unpaired) electrons. The number of rotatable bonds is 4. The molecule has 6 heteroatoms. The van der Waals surface area contributed by atoms with E-state index >= 15 is 0 Å². The monoisotopic (exact) mass is 455 g/mol. The molecule has 2 aromatic rings. The maximum Gasteiger partial charge on any atom is 0.184 e. The standard InChI is InChI=1S/C23H25NO5.2C2H6/c1-23(19-9-7-18(8-10-19)22-27-13-14-28-22)15-20(29-24(23)2)16-3-5-17(6-4-16)21-25-11-12-26-21;2*1-2/h3-10,15,21-22H,11-14H2,1-2H3;2*1-2H3. The molecule has 0 amide bonds. The smallest absolute Gasteiger partial charge is 0.184 e. The summed E-state index contributed by atoms with van der Waals surface area (Å²) in [7, 11) is 1.95. The Bertz CT molecular complexity index is 884. The second kappa shape index (κ2) is 11.8. The van der Waals surface area contributed by atoms with Crippen molar-refractivity contribution in [2.24, 2.45) is 0 Å². The summed E-state index contributed by atoms with van der Waals surface area (Å²) in [4.78, 5) is 6.10. The van der Waals surface area contributed by atoms with Crippen LogP contribution in [0.4, 0.5) is 0 Å². The van der Waals surface area contributed by atoms with Crippen molar-refractivity contribution in [2.45, 2.75) is 52.7 Å². The predicted octanol–water partition coefficient (Wildman–Crippen LogP) is 5.96. The van der Waals surface area contributed by atoms with Crippen molar-refractivity contribution in [3.8, 4) is 0 Å². The second-order valence-electron chi connectivity index (χ2n) is 7.64. The summed E-state index contributed by atoms with van der Waals surface area (Å²) in [5, 5.41) is 1.89. The molecule has 3 heterocycles. The lowest BCUT2D eigenvalue weighted by Crippen LogP contribution is -2.34. The van der Waals surface area contributed by atoms with E-state index in [1.165, 1.54) is 0 Å². The Labute approximate surface area is 198 Å². The van der Waals surface area contributed by atoms with Gasteiger partial charge in [0.05, 0.1) is 26.4 Å². The van der Waals surface area contributed by atoms with Crippen LogP contribution in [0.25, 0.3) is 5.76 Å². The van der Waals surface area contributed by atoms with Gasteiger partial charge in [-0.15, -0.1) is 5.06 Å². The molecule has 180 valence electrons. The first-order valence-corrected chi connectivity index (χ1v) is 12.0. The number of nitrogens with zero attached hydrogens (tertiary/aromatic N) is 1. The maximum absolute atomic E-state index is 6.10. The molecule has 33 heavy (non-hydrogen) atoms. The fraction of sp³-hybridized carbons (Fsp3) is 0.481. The van der Waals surface area contributed by atoms with Crippen LogP contribution in [0.15, 0.2) is 54.6 Å². The van der Waals surface area contributed by atoms with E-state index in [9.17, 15) is 0 Å². The number of hydrogen-bond acceptors (Lipinski definition) is 6. The summed E-state index contributed by atoms with van der Waals surface area (Å²) < 4.78 is 22.3. The maximum atomic E-state index is 6.10. The van der Waals surface area contributed by atoms with E-state index in [1.54, 1.807) is 0 Å². The van der Waals surface area contributed by atoms with Crippen LogP contribution in [0.3, 0.4) is 0 Å². The van der Waals surface area contributed by atoms with Gasteiger partial charge in [-0.3, -0.25) is 0 Å². The van der Waals surface area contributed by atoms with Crippen LogP contribution in [-0.2, 0) is 29.3 Å².